The van der Waals surface area contributed by atoms with Gasteiger partial charge >= 0.3 is 0 Å². The highest BCUT2D eigenvalue weighted by molar-refractivity contribution is 5.94. The third-order valence-corrected chi connectivity index (χ3v) is 5.83. The maximum absolute atomic E-state index is 13.6. The quantitative estimate of drug-likeness (QED) is 0.271. The Bertz CT molecular complexity index is 1440. The zero-order valence-corrected chi connectivity index (χ0v) is 20.9. The SMILES string of the molecule is COc1ccc(OC)c(C(Nc2ccc3c(N)nccc3c2)C(=O)NCc2cccc(NC(C)=O)c2)c1. The van der Waals surface area contributed by atoms with Crippen LogP contribution in [0.5, 0.6) is 11.5 Å². The number of nitrogens with zero attached hydrogens (tertiary/aromatic N) is 1. The minimum atomic E-state index is -0.805. The van der Waals surface area contributed by atoms with Crippen LogP contribution in [0.15, 0.2) is 72.9 Å². The van der Waals surface area contributed by atoms with E-state index in [1.807, 2.05) is 42.5 Å². The van der Waals surface area contributed by atoms with Crippen molar-refractivity contribution in [2.75, 3.05) is 30.6 Å². The standard InChI is InChI=1S/C28H29N5O4/c1-17(34)32-20-6-4-5-18(13-20)16-31-28(35)26(24-15-22(36-2)8-10-25(24)37-3)33-21-7-9-23-19(14-21)11-12-30-27(23)29/h4-15,26,33H,16H2,1-3H3,(H2,29,30)(H,31,35)(H,32,34). The molecule has 0 spiro atoms. The van der Waals surface area contributed by atoms with Gasteiger partial charge in [0.2, 0.25) is 11.8 Å². The van der Waals surface area contributed by atoms with E-state index in [2.05, 4.69) is 20.9 Å². The Hall–Kier alpha value is -4.79. The van der Waals surface area contributed by atoms with Crippen molar-refractivity contribution in [2.24, 2.45) is 0 Å². The molecule has 5 N–H and O–H groups in total. The summed E-state index contributed by atoms with van der Waals surface area (Å²) >= 11 is 0. The molecule has 9 heteroatoms. The van der Waals surface area contributed by atoms with Gasteiger partial charge in [0.15, 0.2) is 0 Å². The van der Waals surface area contributed by atoms with Crippen molar-refractivity contribution < 1.29 is 19.1 Å². The fraction of sp³-hybridized carbons (Fsp3) is 0.179. The molecule has 3 aromatic carbocycles. The summed E-state index contributed by atoms with van der Waals surface area (Å²) < 4.78 is 11.0. The second-order valence-corrected chi connectivity index (χ2v) is 8.42. The van der Waals surface area contributed by atoms with E-state index in [-0.39, 0.29) is 18.4 Å². The van der Waals surface area contributed by atoms with E-state index in [0.717, 1.165) is 22.0 Å². The number of fused-ring (bicyclic) bond motifs is 1. The number of anilines is 3. The summed E-state index contributed by atoms with van der Waals surface area (Å²) in [4.78, 5) is 29.1. The Morgan fingerprint density at radius 1 is 0.973 bits per heavy atom. The Kier molecular flexibility index (Phi) is 7.73. The summed E-state index contributed by atoms with van der Waals surface area (Å²) in [6, 6.07) is 19.3. The topological polar surface area (TPSA) is 128 Å². The molecule has 9 nitrogen and oxygen atoms in total. The number of rotatable bonds is 9. The molecule has 4 aromatic rings. The molecule has 0 saturated heterocycles. The number of nitrogens with two attached hydrogens (primary N) is 1. The lowest BCUT2D eigenvalue weighted by atomic mass is 10.0. The maximum atomic E-state index is 13.6. The van der Waals surface area contributed by atoms with Crippen LogP contribution in [-0.4, -0.2) is 31.0 Å². The van der Waals surface area contributed by atoms with Gasteiger partial charge in [-0.1, -0.05) is 12.1 Å². The molecule has 0 fully saturated rings. The van der Waals surface area contributed by atoms with E-state index in [4.69, 9.17) is 15.2 Å². The molecule has 2 amide bonds. The summed E-state index contributed by atoms with van der Waals surface area (Å²) in [7, 11) is 3.12. The van der Waals surface area contributed by atoms with Crippen molar-refractivity contribution in [2.45, 2.75) is 19.5 Å². The second kappa shape index (κ2) is 11.3. The maximum Gasteiger partial charge on any atom is 0.247 e. The third-order valence-electron chi connectivity index (χ3n) is 5.83. The molecule has 0 aliphatic heterocycles. The molecule has 1 atom stereocenters. The van der Waals surface area contributed by atoms with Crippen molar-refractivity contribution >= 4 is 39.8 Å². The minimum Gasteiger partial charge on any atom is -0.497 e. The van der Waals surface area contributed by atoms with Crippen molar-refractivity contribution in [3.63, 3.8) is 0 Å². The van der Waals surface area contributed by atoms with Crippen molar-refractivity contribution in [3.05, 3.63) is 84.1 Å². The van der Waals surface area contributed by atoms with E-state index in [0.29, 0.717) is 28.6 Å². The molecule has 0 saturated carbocycles. The zero-order chi connectivity index (χ0) is 26.4. The number of amides is 2. The molecule has 1 heterocycles. The van der Waals surface area contributed by atoms with Gasteiger partial charge < -0.3 is 31.2 Å². The van der Waals surface area contributed by atoms with E-state index < -0.39 is 6.04 Å². The van der Waals surface area contributed by atoms with Crippen LogP contribution >= 0.6 is 0 Å². The first-order valence-electron chi connectivity index (χ1n) is 11.6. The van der Waals surface area contributed by atoms with Gasteiger partial charge in [-0.15, -0.1) is 0 Å². The molecule has 0 aliphatic rings. The van der Waals surface area contributed by atoms with Gasteiger partial charge in [-0.05, 0) is 65.5 Å². The number of nitrogen functional groups attached to an aromatic ring is 1. The molecule has 190 valence electrons. The first-order valence-corrected chi connectivity index (χ1v) is 11.6. The van der Waals surface area contributed by atoms with Crippen molar-refractivity contribution in [1.82, 2.24) is 10.3 Å². The molecule has 0 bridgehead atoms. The van der Waals surface area contributed by atoms with Crippen LogP contribution in [0.3, 0.4) is 0 Å². The predicted molar refractivity (Wildman–Crippen MR) is 145 cm³/mol. The monoisotopic (exact) mass is 499 g/mol. The molecular weight excluding hydrogens is 470 g/mol. The van der Waals surface area contributed by atoms with Crippen LogP contribution in [-0.2, 0) is 16.1 Å². The van der Waals surface area contributed by atoms with Crippen molar-refractivity contribution in [1.29, 1.82) is 0 Å². The summed E-state index contributed by atoms with van der Waals surface area (Å²) in [6.07, 6.45) is 1.64. The minimum absolute atomic E-state index is 0.163. The Morgan fingerprint density at radius 2 is 1.81 bits per heavy atom. The van der Waals surface area contributed by atoms with Gasteiger partial charge in [0.25, 0.3) is 0 Å². The van der Waals surface area contributed by atoms with Crippen molar-refractivity contribution in [3.8, 4) is 11.5 Å². The number of carbonyl (C=O) groups excluding carboxylic acids is 2. The average Bonchev–Trinajstić information content (AvgIpc) is 2.90. The average molecular weight is 500 g/mol. The number of pyridine rings is 1. The van der Waals surface area contributed by atoms with Gasteiger partial charge in [-0.2, -0.15) is 0 Å². The lowest BCUT2D eigenvalue weighted by Crippen LogP contribution is -2.33. The number of hydrogen-bond acceptors (Lipinski definition) is 7. The number of methoxy groups -OCH3 is 2. The molecule has 1 aromatic heterocycles. The van der Waals surface area contributed by atoms with Crippen LogP contribution in [0.25, 0.3) is 10.8 Å². The van der Waals surface area contributed by atoms with Gasteiger partial charge in [0, 0.05) is 42.0 Å². The smallest absolute Gasteiger partial charge is 0.247 e. The Labute approximate surface area is 215 Å². The van der Waals surface area contributed by atoms with Crippen LogP contribution in [0, 0.1) is 0 Å². The number of aromatic nitrogens is 1. The molecule has 0 radical (unpaired) electrons. The number of nitrogens with one attached hydrogen (secondary N) is 3. The fourth-order valence-corrected chi connectivity index (χ4v) is 4.06. The van der Waals surface area contributed by atoms with Gasteiger partial charge in [0.05, 0.1) is 14.2 Å². The van der Waals surface area contributed by atoms with Crippen LogP contribution in [0.4, 0.5) is 17.2 Å². The summed E-state index contributed by atoms with van der Waals surface area (Å²) in [5.41, 5.74) is 8.83. The molecule has 37 heavy (non-hydrogen) atoms. The predicted octanol–water partition coefficient (Wildman–Crippen LogP) is 4.26. The largest absolute Gasteiger partial charge is 0.497 e. The third kappa shape index (κ3) is 6.07. The van der Waals surface area contributed by atoms with Gasteiger partial charge in [0.1, 0.15) is 23.4 Å². The lowest BCUT2D eigenvalue weighted by molar-refractivity contribution is -0.122. The van der Waals surface area contributed by atoms with E-state index in [9.17, 15) is 9.59 Å². The summed E-state index contributed by atoms with van der Waals surface area (Å²) in [6.45, 7) is 1.71. The van der Waals surface area contributed by atoms with Crippen LogP contribution < -0.4 is 31.2 Å². The highest BCUT2D eigenvalue weighted by Gasteiger charge is 2.25. The second-order valence-electron chi connectivity index (χ2n) is 8.42. The zero-order valence-electron chi connectivity index (χ0n) is 20.9. The van der Waals surface area contributed by atoms with Gasteiger partial charge in [-0.3, -0.25) is 9.59 Å². The normalized spacial score (nSPS) is 11.4. The first-order chi connectivity index (χ1) is 17.9. The first kappa shape index (κ1) is 25.3. The lowest BCUT2D eigenvalue weighted by Gasteiger charge is -2.23. The summed E-state index contributed by atoms with van der Waals surface area (Å²) in [5, 5.41) is 10.8. The molecule has 1 unspecified atom stereocenters. The van der Waals surface area contributed by atoms with E-state index in [1.165, 1.54) is 6.92 Å². The van der Waals surface area contributed by atoms with Gasteiger partial charge in [-0.25, -0.2) is 4.98 Å². The van der Waals surface area contributed by atoms with E-state index in [1.54, 1.807) is 44.7 Å². The number of hydrogen-bond donors (Lipinski definition) is 4. The Balaban J connectivity index is 1.65. The summed E-state index contributed by atoms with van der Waals surface area (Å²) in [5.74, 6) is 1.13. The number of benzene rings is 3. The van der Waals surface area contributed by atoms with Crippen LogP contribution in [0.2, 0.25) is 0 Å². The number of carbonyl (C=O) groups is 2. The molecular formula is C28H29N5O4. The van der Waals surface area contributed by atoms with E-state index >= 15 is 0 Å². The Morgan fingerprint density at radius 3 is 2.57 bits per heavy atom. The highest BCUT2D eigenvalue weighted by Crippen LogP contribution is 2.33. The molecule has 4 rings (SSSR count). The fourth-order valence-electron chi connectivity index (χ4n) is 4.06. The highest BCUT2D eigenvalue weighted by atomic mass is 16.5. The molecule has 0 aliphatic carbocycles. The number of ether oxygens (including phenoxy) is 2. The van der Waals surface area contributed by atoms with Crippen LogP contribution in [0.1, 0.15) is 24.1 Å².